The molecule has 2 heterocycles. The molecular formula is C12H15N3O4. The summed E-state index contributed by atoms with van der Waals surface area (Å²) in [6, 6.07) is -0.589. The van der Waals surface area contributed by atoms with Gasteiger partial charge >= 0.3 is 11.9 Å². The van der Waals surface area contributed by atoms with Crippen molar-refractivity contribution in [2.75, 3.05) is 18.1 Å². The highest BCUT2D eigenvalue weighted by Gasteiger charge is 2.32. The Bertz CT molecular complexity index is 474. The van der Waals surface area contributed by atoms with Crippen LogP contribution in [0.15, 0.2) is 12.4 Å². The lowest BCUT2D eigenvalue weighted by Crippen LogP contribution is -2.37. The van der Waals surface area contributed by atoms with E-state index in [1.165, 1.54) is 12.4 Å². The summed E-state index contributed by atoms with van der Waals surface area (Å²) < 4.78 is 4.83. The maximum Gasteiger partial charge on any atom is 0.341 e. The fraction of sp³-hybridized carbons (Fsp3) is 0.500. The molecule has 1 aromatic heterocycles. The molecule has 1 atom stereocenters. The Kier molecular flexibility index (Phi) is 3.94. The first-order valence-electron chi connectivity index (χ1n) is 6.12. The molecule has 102 valence electrons. The van der Waals surface area contributed by atoms with Crippen LogP contribution in [0.1, 0.15) is 30.1 Å². The Morgan fingerprint density at radius 3 is 2.74 bits per heavy atom. The first-order valence-corrected chi connectivity index (χ1v) is 6.12. The third kappa shape index (κ3) is 2.81. The third-order valence-electron chi connectivity index (χ3n) is 2.94. The van der Waals surface area contributed by atoms with E-state index in [-0.39, 0.29) is 12.2 Å². The number of nitrogens with zero attached hydrogens (tertiary/aromatic N) is 3. The highest BCUT2D eigenvalue weighted by molar-refractivity contribution is 5.88. The molecule has 0 aliphatic carbocycles. The molecule has 7 heteroatoms. The molecule has 1 fully saturated rings. The van der Waals surface area contributed by atoms with E-state index in [4.69, 9.17) is 9.84 Å². The van der Waals surface area contributed by atoms with E-state index in [0.29, 0.717) is 18.9 Å². The molecule has 0 bridgehead atoms. The van der Waals surface area contributed by atoms with Crippen molar-refractivity contribution in [3.05, 3.63) is 18.0 Å². The minimum atomic E-state index is -0.879. The van der Waals surface area contributed by atoms with Crippen molar-refractivity contribution in [1.82, 2.24) is 9.97 Å². The van der Waals surface area contributed by atoms with Gasteiger partial charge < -0.3 is 14.7 Å². The van der Waals surface area contributed by atoms with Gasteiger partial charge in [0.2, 0.25) is 5.95 Å². The van der Waals surface area contributed by atoms with E-state index < -0.39 is 18.0 Å². The molecule has 0 unspecified atom stereocenters. The van der Waals surface area contributed by atoms with Crippen LogP contribution < -0.4 is 4.90 Å². The number of carbonyl (C=O) groups is 2. The fourth-order valence-electron chi connectivity index (χ4n) is 2.05. The second-order valence-electron chi connectivity index (χ2n) is 4.18. The van der Waals surface area contributed by atoms with Crippen LogP contribution in [0.25, 0.3) is 0 Å². The number of carbonyl (C=O) groups excluding carboxylic acids is 1. The average molecular weight is 265 g/mol. The van der Waals surface area contributed by atoms with E-state index >= 15 is 0 Å². The van der Waals surface area contributed by atoms with Crippen LogP contribution in [-0.4, -0.2) is 46.2 Å². The number of aromatic nitrogens is 2. The molecule has 1 aliphatic heterocycles. The second-order valence-corrected chi connectivity index (χ2v) is 4.18. The monoisotopic (exact) mass is 265 g/mol. The molecule has 0 spiro atoms. The summed E-state index contributed by atoms with van der Waals surface area (Å²) in [4.78, 5) is 32.2. The van der Waals surface area contributed by atoms with Gasteiger partial charge in [0.25, 0.3) is 0 Å². The zero-order valence-electron chi connectivity index (χ0n) is 10.6. The molecule has 1 saturated heterocycles. The minimum absolute atomic E-state index is 0.261. The lowest BCUT2D eigenvalue weighted by atomic mass is 10.2. The summed E-state index contributed by atoms with van der Waals surface area (Å²) in [6.45, 7) is 2.61. The van der Waals surface area contributed by atoms with Crippen molar-refractivity contribution in [3.8, 4) is 0 Å². The Morgan fingerprint density at radius 2 is 2.16 bits per heavy atom. The summed E-state index contributed by atoms with van der Waals surface area (Å²) >= 11 is 0. The number of ether oxygens (including phenoxy) is 1. The predicted molar refractivity (Wildman–Crippen MR) is 66.0 cm³/mol. The van der Waals surface area contributed by atoms with Crippen molar-refractivity contribution in [3.63, 3.8) is 0 Å². The van der Waals surface area contributed by atoms with Gasteiger partial charge in [-0.2, -0.15) is 0 Å². The molecule has 7 nitrogen and oxygen atoms in total. The number of rotatable bonds is 4. The van der Waals surface area contributed by atoms with Crippen LogP contribution in [0.2, 0.25) is 0 Å². The van der Waals surface area contributed by atoms with Gasteiger partial charge in [-0.1, -0.05) is 0 Å². The molecule has 0 amide bonds. The van der Waals surface area contributed by atoms with E-state index in [0.717, 1.165) is 6.42 Å². The number of esters is 1. The Labute approximate surface area is 110 Å². The highest BCUT2D eigenvalue weighted by atomic mass is 16.5. The summed E-state index contributed by atoms with van der Waals surface area (Å²) in [5.41, 5.74) is 0.261. The SMILES string of the molecule is CCOC(=O)c1cnc(N2CCC[C@H]2C(=O)O)nc1. The number of hydrogen-bond donors (Lipinski definition) is 1. The molecule has 0 aromatic carbocycles. The number of aliphatic carboxylic acids is 1. The molecule has 19 heavy (non-hydrogen) atoms. The topological polar surface area (TPSA) is 92.6 Å². The van der Waals surface area contributed by atoms with Crippen LogP contribution in [0, 0.1) is 0 Å². The number of hydrogen-bond acceptors (Lipinski definition) is 6. The average Bonchev–Trinajstić information content (AvgIpc) is 2.88. The standard InChI is InChI=1S/C12H15N3O4/c1-2-19-11(18)8-6-13-12(14-7-8)15-5-3-4-9(15)10(16)17/h6-7,9H,2-5H2,1H3,(H,16,17)/t9-/m0/s1. The third-order valence-corrected chi connectivity index (χ3v) is 2.94. The van der Waals surface area contributed by atoms with Crippen LogP contribution in [0.4, 0.5) is 5.95 Å². The van der Waals surface area contributed by atoms with Gasteiger partial charge in [-0.15, -0.1) is 0 Å². The van der Waals surface area contributed by atoms with Crippen molar-refractivity contribution >= 4 is 17.9 Å². The Morgan fingerprint density at radius 1 is 1.47 bits per heavy atom. The van der Waals surface area contributed by atoms with Crippen molar-refractivity contribution < 1.29 is 19.4 Å². The second kappa shape index (κ2) is 5.64. The molecule has 1 aliphatic rings. The first kappa shape index (κ1) is 13.3. The van der Waals surface area contributed by atoms with Crippen LogP contribution in [-0.2, 0) is 9.53 Å². The number of carboxylic acids is 1. The van der Waals surface area contributed by atoms with Gasteiger partial charge in [0.1, 0.15) is 6.04 Å². The largest absolute Gasteiger partial charge is 0.480 e. The van der Waals surface area contributed by atoms with E-state index in [1.54, 1.807) is 11.8 Å². The first-order chi connectivity index (χ1) is 9.13. The normalized spacial score (nSPS) is 18.4. The summed E-state index contributed by atoms with van der Waals surface area (Å²) in [5, 5.41) is 9.09. The van der Waals surface area contributed by atoms with Gasteiger partial charge in [-0.3, -0.25) is 0 Å². The molecule has 1 N–H and O–H groups in total. The van der Waals surface area contributed by atoms with Crippen LogP contribution >= 0.6 is 0 Å². The van der Waals surface area contributed by atoms with E-state index in [2.05, 4.69) is 9.97 Å². The van der Waals surface area contributed by atoms with Crippen molar-refractivity contribution in [1.29, 1.82) is 0 Å². The van der Waals surface area contributed by atoms with Crippen LogP contribution in [0.3, 0.4) is 0 Å². The molecule has 0 radical (unpaired) electrons. The summed E-state index contributed by atoms with van der Waals surface area (Å²) in [5.74, 6) is -1.03. The van der Waals surface area contributed by atoms with Crippen molar-refractivity contribution in [2.45, 2.75) is 25.8 Å². The number of carboxylic acid groups (broad SMARTS) is 1. The van der Waals surface area contributed by atoms with Gasteiger partial charge in [0.15, 0.2) is 0 Å². The summed E-state index contributed by atoms with van der Waals surface area (Å²) in [6.07, 6.45) is 4.09. The quantitative estimate of drug-likeness (QED) is 0.801. The Hall–Kier alpha value is -2.18. The zero-order chi connectivity index (χ0) is 13.8. The van der Waals surface area contributed by atoms with Crippen molar-refractivity contribution in [2.24, 2.45) is 0 Å². The van der Waals surface area contributed by atoms with E-state index in [9.17, 15) is 9.59 Å². The predicted octanol–water partition coefficient (Wildman–Crippen LogP) is 0.707. The summed E-state index contributed by atoms with van der Waals surface area (Å²) in [7, 11) is 0. The maximum atomic E-state index is 11.4. The molecule has 0 saturated carbocycles. The van der Waals surface area contributed by atoms with E-state index in [1.807, 2.05) is 0 Å². The van der Waals surface area contributed by atoms with Gasteiger partial charge in [-0.05, 0) is 19.8 Å². The zero-order valence-corrected chi connectivity index (χ0v) is 10.6. The number of anilines is 1. The highest BCUT2D eigenvalue weighted by Crippen LogP contribution is 2.22. The molecular weight excluding hydrogens is 250 g/mol. The fourth-order valence-corrected chi connectivity index (χ4v) is 2.05. The molecule has 2 rings (SSSR count). The lowest BCUT2D eigenvalue weighted by molar-refractivity contribution is -0.138. The van der Waals surface area contributed by atoms with Gasteiger partial charge in [-0.25, -0.2) is 19.6 Å². The van der Waals surface area contributed by atoms with Gasteiger partial charge in [0, 0.05) is 18.9 Å². The lowest BCUT2D eigenvalue weighted by Gasteiger charge is -2.20. The smallest absolute Gasteiger partial charge is 0.341 e. The maximum absolute atomic E-state index is 11.4. The minimum Gasteiger partial charge on any atom is -0.480 e. The van der Waals surface area contributed by atoms with Crippen LogP contribution in [0.5, 0.6) is 0 Å². The Balaban J connectivity index is 2.14. The van der Waals surface area contributed by atoms with Gasteiger partial charge in [0.05, 0.1) is 12.2 Å². The molecule has 1 aromatic rings.